The number of carbonyl (C=O) groups excluding carboxylic acids is 1. The Labute approximate surface area is 82.5 Å². The summed E-state index contributed by atoms with van der Waals surface area (Å²) in [6.45, 7) is 3.98. The van der Waals surface area contributed by atoms with Crippen molar-refractivity contribution in [2.75, 3.05) is 6.61 Å². The molecule has 0 bridgehead atoms. The summed E-state index contributed by atoms with van der Waals surface area (Å²) in [6.07, 6.45) is 8.63. The normalized spacial score (nSPS) is 24.8. The SMILES string of the molecule is C=CCOC1=CCC(N)(N=C=O)C=C1. The molecule has 0 aromatic rings. The van der Waals surface area contributed by atoms with Crippen LogP contribution in [0, 0.1) is 0 Å². The molecule has 0 saturated carbocycles. The van der Waals surface area contributed by atoms with E-state index < -0.39 is 5.66 Å². The molecule has 4 heteroatoms. The van der Waals surface area contributed by atoms with Crippen LogP contribution < -0.4 is 5.73 Å². The Morgan fingerprint density at radius 3 is 3.14 bits per heavy atom. The Balaban J connectivity index is 2.60. The highest BCUT2D eigenvalue weighted by Gasteiger charge is 2.22. The Bertz CT molecular complexity index is 327. The Morgan fingerprint density at radius 1 is 1.86 bits per heavy atom. The minimum absolute atomic E-state index is 0.436. The fraction of sp³-hybridized carbons (Fsp3) is 0.300. The first kappa shape index (κ1) is 10.4. The molecule has 0 fully saturated rings. The van der Waals surface area contributed by atoms with Gasteiger partial charge in [-0.15, -0.1) is 0 Å². The molecule has 1 atom stereocenters. The monoisotopic (exact) mass is 192 g/mol. The van der Waals surface area contributed by atoms with E-state index in [1.165, 1.54) is 6.08 Å². The van der Waals surface area contributed by atoms with Crippen LogP contribution in [0.25, 0.3) is 0 Å². The first-order valence-electron chi connectivity index (χ1n) is 4.21. The minimum Gasteiger partial charge on any atom is -0.490 e. The molecule has 0 aromatic heterocycles. The first-order chi connectivity index (χ1) is 6.70. The molecule has 1 rings (SSSR count). The first-order valence-corrected chi connectivity index (χ1v) is 4.21. The zero-order valence-corrected chi connectivity index (χ0v) is 7.77. The number of isocyanates is 1. The van der Waals surface area contributed by atoms with Gasteiger partial charge in [-0.1, -0.05) is 12.7 Å². The highest BCUT2D eigenvalue weighted by molar-refractivity contribution is 5.38. The fourth-order valence-corrected chi connectivity index (χ4v) is 1.06. The Hall–Kier alpha value is -1.64. The predicted octanol–water partition coefficient (Wildman–Crippen LogP) is 1.02. The molecule has 0 radical (unpaired) electrons. The molecule has 0 aromatic carbocycles. The van der Waals surface area contributed by atoms with Gasteiger partial charge in [0.25, 0.3) is 0 Å². The van der Waals surface area contributed by atoms with E-state index in [1.807, 2.05) is 0 Å². The minimum atomic E-state index is -0.956. The van der Waals surface area contributed by atoms with Crippen molar-refractivity contribution >= 4 is 6.08 Å². The topological polar surface area (TPSA) is 64.7 Å². The van der Waals surface area contributed by atoms with Gasteiger partial charge in [0.05, 0.1) is 0 Å². The van der Waals surface area contributed by atoms with Gasteiger partial charge in [0.15, 0.2) is 0 Å². The van der Waals surface area contributed by atoms with Gasteiger partial charge < -0.3 is 10.5 Å². The highest BCUT2D eigenvalue weighted by Crippen LogP contribution is 2.19. The number of nitrogens with two attached hydrogens (primary N) is 1. The van der Waals surface area contributed by atoms with E-state index in [9.17, 15) is 4.79 Å². The summed E-state index contributed by atoms with van der Waals surface area (Å²) in [4.78, 5) is 13.6. The molecule has 0 amide bonds. The molecule has 1 unspecified atom stereocenters. The van der Waals surface area contributed by atoms with Crippen molar-refractivity contribution in [2.24, 2.45) is 10.7 Å². The Morgan fingerprint density at radius 2 is 2.64 bits per heavy atom. The van der Waals surface area contributed by atoms with Crippen LogP contribution in [0.3, 0.4) is 0 Å². The number of rotatable bonds is 4. The van der Waals surface area contributed by atoms with Gasteiger partial charge in [0.1, 0.15) is 18.0 Å². The lowest BCUT2D eigenvalue weighted by molar-refractivity contribution is 0.256. The van der Waals surface area contributed by atoms with E-state index in [0.29, 0.717) is 18.8 Å². The van der Waals surface area contributed by atoms with Gasteiger partial charge in [0.2, 0.25) is 6.08 Å². The van der Waals surface area contributed by atoms with E-state index in [4.69, 9.17) is 10.5 Å². The number of allylic oxidation sites excluding steroid dienone is 1. The third-order valence-corrected chi connectivity index (χ3v) is 1.79. The van der Waals surface area contributed by atoms with Gasteiger partial charge in [-0.05, 0) is 18.2 Å². The van der Waals surface area contributed by atoms with Crippen LogP contribution in [0.15, 0.2) is 41.6 Å². The van der Waals surface area contributed by atoms with Crippen molar-refractivity contribution < 1.29 is 9.53 Å². The molecule has 0 heterocycles. The number of hydrogen-bond acceptors (Lipinski definition) is 4. The lowest BCUT2D eigenvalue weighted by Gasteiger charge is -2.21. The summed E-state index contributed by atoms with van der Waals surface area (Å²) in [6, 6.07) is 0. The molecule has 14 heavy (non-hydrogen) atoms. The zero-order valence-electron chi connectivity index (χ0n) is 7.77. The quantitative estimate of drug-likeness (QED) is 0.411. The second kappa shape index (κ2) is 4.56. The maximum absolute atomic E-state index is 10.1. The zero-order chi connectivity index (χ0) is 10.4. The summed E-state index contributed by atoms with van der Waals surface area (Å²) >= 11 is 0. The molecule has 74 valence electrons. The van der Waals surface area contributed by atoms with E-state index in [0.717, 1.165) is 0 Å². The third kappa shape index (κ3) is 2.69. The average Bonchev–Trinajstić information content (AvgIpc) is 2.17. The third-order valence-electron chi connectivity index (χ3n) is 1.79. The summed E-state index contributed by atoms with van der Waals surface area (Å²) < 4.78 is 5.26. The second-order valence-corrected chi connectivity index (χ2v) is 2.94. The standard InChI is InChI=1S/C10H12N2O2/c1-2-7-14-9-3-5-10(11,6-4-9)12-8-13/h2-5H,1,6-7,11H2. The number of nitrogens with zero attached hydrogens (tertiary/aromatic N) is 1. The fourth-order valence-electron chi connectivity index (χ4n) is 1.06. The largest absolute Gasteiger partial charge is 0.490 e. The van der Waals surface area contributed by atoms with Crippen molar-refractivity contribution in [3.05, 3.63) is 36.6 Å². The van der Waals surface area contributed by atoms with Crippen molar-refractivity contribution in [3.63, 3.8) is 0 Å². The van der Waals surface area contributed by atoms with Crippen molar-refractivity contribution in [1.29, 1.82) is 0 Å². The van der Waals surface area contributed by atoms with Gasteiger partial charge in [-0.3, -0.25) is 0 Å². The van der Waals surface area contributed by atoms with Gasteiger partial charge in [0, 0.05) is 6.42 Å². The second-order valence-electron chi connectivity index (χ2n) is 2.94. The highest BCUT2D eigenvalue weighted by atomic mass is 16.5. The maximum atomic E-state index is 10.1. The summed E-state index contributed by atoms with van der Waals surface area (Å²) in [7, 11) is 0. The van der Waals surface area contributed by atoms with Crippen LogP contribution in [0.2, 0.25) is 0 Å². The molecule has 2 N–H and O–H groups in total. The van der Waals surface area contributed by atoms with Crippen LogP contribution in [-0.4, -0.2) is 18.3 Å². The lowest BCUT2D eigenvalue weighted by atomic mass is 10.0. The summed E-state index contributed by atoms with van der Waals surface area (Å²) in [5, 5.41) is 0. The molecular formula is C10H12N2O2. The van der Waals surface area contributed by atoms with E-state index in [2.05, 4.69) is 11.6 Å². The summed E-state index contributed by atoms with van der Waals surface area (Å²) in [5.74, 6) is 0.715. The maximum Gasteiger partial charge on any atom is 0.237 e. The van der Waals surface area contributed by atoms with Gasteiger partial charge >= 0.3 is 0 Å². The molecule has 1 aliphatic carbocycles. The average molecular weight is 192 g/mol. The van der Waals surface area contributed by atoms with Gasteiger partial charge in [-0.2, -0.15) is 4.99 Å². The van der Waals surface area contributed by atoms with E-state index >= 15 is 0 Å². The van der Waals surface area contributed by atoms with Crippen LogP contribution in [0.1, 0.15) is 6.42 Å². The van der Waals surface area contributed by atoms with E-state index in [-0.39, 0.29) is 0 Å². The smallest absolute Gasteiger partial charge is 0.237 e. The van der Waals surface area contributed by atoms with E-state index in [1.54, 1.807) is 24.3 Å². The van der Waals surface area contributed by atoms with Gasteiger partial charge in [-0.25, -0.2) is 4.79 Å². The van der Waals surface area contributed by atoms with Crippen LogP contribution in [-0.2, 0) is 9.53 Å². The van der Waals surface area contributed by atoms with Crippen molar-refractivity contribution in [2.45, 2.75) is 12.1 Å². The molecule has 1 aliphatic rings. The van der Waals surface area contributed by atoms with Crippen LogP contribution >= 0.6 is 0 Å². The number of aliphatic imine (C=N–C) groups is 1. The van der Waals surface area contributed by atoms with Crippen molar-refractivity contribution in [3.8, 4) is 0 Å². The van der Waals surface area contributed by atoms with Crippen LogP contribution in [0.4, 0.5) is 0 Å². The van der Waals surface area contributed by atoms with Crippen molar-refractivity contribution in [1.82, 2.24) is 0 Å². The molecular weight excluding hydrogens is 180 g/mol. The predicted molar refractivity (Wildman–Crippen MR) is 53.0 cm³/mol. The van der Waals surface area contributed by atoms with Crippen LogP contribution in [0.5, 0.6) is 0 Å². The summed E-state index contributed by atoms with van der Waals surface area (Å²) in [5.41, 5.74) is 4.77. The molecule has 0 spiro atoms. The molecule has 0 saturated heterocycles. The lowest BCUT2D eigenvalue weighted by Crippen LogP contribution is -2.35. The Kier molecular flexibility index (Phi) is 3.40. The number of ether oxygens (including phenoxy) is 1. The molecule has 4 nitrogen and oxygen atoms in total. The molecule has 0 aliphatic heterocycles. The number of hydrogen-bond donors (Lipinski definition) is 1.